The molecule has 0 aromatic carbocycles. The van der Waals surface area contributed by atoms with E-state index >= 15 is 0 Å². The predicted octanol–water partition coefficient (Wildman–Crippen LogP) is 1.75. The highest BCUT2D eigenvalue weighted by Crippen LogP contribution is 2.29. The maximum Gasteiger partial charge on any atom is 0.417 e. The molecular formula is C13H11F3N4O. The minimum absolute atomic E-state index is 0.167. The van der Waals surface area contributed by atoms with Crippen LogP contribution in [0.15, 0.2) is 29.5 Å². The number of aromatic amines is 1. The number of aromatic nitrogens is 3. The lowest BCUT2D eigenvalue weighted by Gasteiger charge is -2.28. The van der Waals surface area contributed by atoms with E-state index in [1.54, 1.807) is 4.90 Å². The summed E-state index contributed by atoms with van der Waals surface area (Å²) in [6.45, 7) is 0.873. The molecule has 1 aliphatic rings. The van der Waals surface area contributed by atoms with Crippen LogP contribution in [0.1, 0.15) is 16.8 Å². The molecule has 3 heterocycles. The first-order chi connectivity index (χ1) is 9.95. The van der Waals surface area contributed by atoms with E-state index in [1.807, 2.05) is 0 Å². The zero-order valence-corrected chi connectivity index (χ0v) is 10.8. The van der Waals surface area contributed by atoms with Gasteiger partial charge in [0.1, 0.15) is 5.82 Å². The third kappa shape index (κ3) is 2.61. The largest absolute Gasteiger partial charge is 0.417 e. The molecule has 1 aliphatic heterocycles. The van der Waals surface area contributed by atoms with Gasteiger partial charge in [0, 0.05) is 18.3 Å². The molecule has 2 aromatic rings. The Kier molecular flexibility index (Phi) is 3.15. The van der Waals surface area contributed by atoms with Gasteiger partial charge in [-0.2, -0.15) is 13.2 Å². The number of pyridine rings is 1. The third-order valence-electron chi connectivity index (χ3n) is 3.41. The van der Waals surface area contributed by atoms with Crippen LogP contribution in [-0.2, 0) is 19.1 Å². The van der Waals surface area contributed by atoms with Gasteiger partial charge < -0.3 is 9.88 Å². The molecule has 0 saturated heterocycles. The number of hydrogen-bond donors (Lipinski definition) is 1. The standard InChI is InChI=1S/C13H11F3N4O/c14-13(15,16)8-1-2-11(17-5-8)20-4-3-9-10(6-20)18-7-19-12(9)21/h1-2,5,7H,3-4,6H2,(H,18,19,21). The van der Waals surface area contributed by atoms with Crippen LogP contribution in [0.3, 0.4) is 0 Å². The summed E-state index contributed by atoms with van der Waals surface area (Å²) in [6, 6.07) is 2.34. The van der Waals surface area contributed by atoms with Crippen molar-refractivity contribution >= 4 is 5.82 Å². The molecule has 1 N–H and O–H groups in total. The SMILES string of the molecule is O=c1[nH]cnc2c1CCN(c1ccc(C(F)(F)F)cn1)C2. The molecule has 110 valence electrons. The van der Waals surface area contributed by atoms with Crippen molar-refractivity contribution in [1.82, 2.24) is 15.0 Å². The fourth-order valence-corrected chi connectivity index (χ4v) is 2.30. The summed E-state index contributed by atoms with van der Waals surface area (Å²) in [7, 11) is 0. The normalized spacial score (nSPS) is 14.9. The molecule has 0 aliphatic carbocycles. The number of rotatable bonds is 1. The van der Waals surface area contributed by atoms with E-state index in [4.69, 9.17) is 0 Å². The van der Waals surface area contributed by atoms with E-state index in [0.717, 1.165) is 12.3 Å². The zero-order chi connectivity index (χ0) is 15.0. The van der Waals surface area contributed by atoms with Gasteiger partial charge in [-0.25, -0.2) is 9.97 Å². The fraction of sp³-hybridized carbons (Fsp3) is 0.308. The Balaban J connectivity index is 1.85. The highest BCUT2D eigenvalue weighted by atomic mass is 19.4. The second-order valence-electron chi connectivity index (χ2n) is 4.73. The van der Waals surface area contributed by atoms with Crippen LogP contribution in [0.4, 0.5) is 19.0 Å². The van der Waals surface area contributed by atoms with Gasteiger partial charge in [0.2, 0.25) is 0 Å². The maximum absolute atomic E-state index is 12.5. The first-order valence-corrected chi connectivity index (χ1v) is 6.29. The van der Waals surface area contributed by atoms with Crippen LogP contribution in [0, 0.1) is 0 Å². The van der Waals surface area contributed by atoms with Crippen molar-refractivity contribution in [3.8, 4) is 0 Å². The van der Waals surface area contributed by atoms with Crippen LogP contribution in [0.5, 0.6) is 0 Å². The number of H-pyrrole nitrogens is 1. The van der Waals surface area contributed by atoms with Crippen LogP contribution in [0.25, 0.3) is 0 Å². The molecule has 5 nitrogen and oxygen atoms in total. The van der Waals surface area contributed by atoms with Gasteiger partial charge in [-0.1, -0.05) is 0 Å². The summed E-state index contributed by atoms with van der Waals surface area (Å²) in [5.41, 5.74) is 0.311. The van der Waals surface area contributed by atoms with E-state index in [-0.39, 0.29) is 5.56 Å². The number of nitrogens with zero attached hydrogens (tertiary/aromatic N) is 3. The summed E-state index contributed by atoms with van der Waals surface area (Å²) in [6.07, 6.45) is -1.77. The Hall–Kier alpha value is -2.38. The molecule has 0 amide bonds. The van der Waals surface area contributed by atoms with Crippen LogP contribution < -0.4 is 10.5 Å². The average Bonchev–Trinajstić information content (AvgIpc) is 2.46. The Morgan fingerprint density at radius 1 is 1.24 bits per heavy atom. The molecule has 0 unspecified atom stereocenters. The number of halogens is 3. The van der Waals surface area contributed by atoms with Gasteiger partial charge in [-0.3, -0.25) is 4.79 Å². The first kappa shape index (κ1) is 13.6. The Morgan fingerprint density at radius 2 is 2.05 bits per heavy atom. The summed E-state index contributed by atoms with van der Waals surface area (Å²) in [4.78, 5) is 23.9. The molecule has 0 fully saturated rings. The molecule has 8 heteroatoms. The molecule has 0 spiro atoms. The monoisotopic (exact) mass is 296 g/mol. The predicted molar refractivity (Wildman–Crippen MR) is 68.9 cm³/mol. The van der Waals surface area contributed by atoms with Gasteiger partial charge >= 0.3 is 6.18 Å². The highest BCUT2D eigenvalue weighted by molar-refractivity contribution is 5.43. The number of nitrogens with one attached hydrogen (secondary N) is 1. The quantitative estimate of drug-likeness (QED) is 0.871. The van der Waals surface area contributed by atoms with E-state index in [0.29, 0.717) is 36.6 Å². The van der Waals surface area contributed by atoms with Crippen molar-refractivity contribution in [3.63, 3.8) is 0 Å². The third-order valence-corrected chi connectivity index (χ3v) is 3.41. The number of hydrogen-bond acceptors (Lipinski definition) is 4. The number of fused-ring (bicyclic) bond motifs is 1. The van der Waals surface area contributed by atoms with Gasteiger partial charge in [-0.05, 0) is 18.6 Å². The van der Waals surface area contributed by atoms with E-state index < -0.39 is 11.7 Å². The van der Waals surface area contributed by atoms with Crippen molar-refractivity contribution in [2.24, 2.45) is 0 Å². The average molecular weight is 296 g/mol. The Morgan fingerprint density at radius 3 is 2.71 bits per heavy atom. The maximum atomic E-state index is 12.5. The van der Waals surface area contributed by atoms with Crippen LogP contribution in [0.2, 0.25) is 0 Å². The minimum atomic E-state index is -4.39. The first-order valence-electron chi connectivity index (χ1n) is 6.29. The van der Waals surface area contributed by atoms with E-state index in [9.17, 15) is 18.0 Å². The summed E-state index contributed by atoms with van der Waals surface area (Å²) < 4.78 is 37.5. The topological polar surface area (TPSA) is 61.9 Å². The molecule has 0 saturated carbocycles. The van der Waals surface area contributed by atoms with Gasteiger partial charge in [0.05, 0.1) is 24.1 Å². The second kappa shape index (κ2) is 4.87. The van der Waals surface area contributed by atoms with Crippen molar-refractivity contribution in [1.29, 1.82) is 0 Å². The Bertz CT molecular complexity index is 709. The Labute approximate surface area is 117 Å². The molecule has 2 aromatic heterocycles. The fourth-order valence-electron chi connectivity index (χ4n) is 2.30. The molecule has 3 rings (SSSR count). The van der Waals surface area contributed by atoms with Crippen molar-refractivity contribution in [3.05, 3.63) is 51.8 Å². The van der Waals surface area contributed by atoms with Crippen LogP contribution in [-0.4, -0.2) is 21.5 Å². The zero-order valence-electron chi connectivity index (χ0n) is 10.8. The molecule has 0 atom stereocenters. The van der Waals surface area contributed by atoms with Crippen molar-refractivity contribution < 1.29 is 13.2 Å². The van der Waals surface area contributed by atoms with E-state index in [2.05, 4.69) is 15.0 Å². The second-order valence-corrected chi connectivity index (χ2v) is 4.73. The highest BCUT2D eigenvalue weighted by Gasteiger charge is 2.31. The van der Waals surface area contributed by atoms with E-state index in [1.165, 1.54) is 12.4 Å². The number of anilines is 1. The summed E-state index contributed by atoms with van der Waals surface area (Å²) >= 11 is 0. The van der Waals surface area contributed by atoms with Crippen LogP contribution >= 0.6 is 0 Å². The molecule has 0 radical (unpaired) electrons. The molecule has 0 bridgehead atoms. The smallest absolute Gasteiger partial charge is 0.350 e. The van der Waals surface area contributed by atoms with Crippen molar-refractivity contribution in [2.75, 3.05) is 11.4 Å². The molecular weight excluding hydrogens is 285 g/mol. The lowest BCUT2D eigenvalue weighted by Crippen LogP contribution is -2.35. The number of alkyl halides is 3. The van der Waals surface area contributed by atoms with Gasteiger partial charge in [0.15, 0.2) is 0 Å². The van der Waals surface area contributed by atoms with Crippen molar-refractivity contribution in [2.45, 2.75) is 19.1 Å². The van der Waals surface area contributed by atoms with Gasteiger partial charge in [0.25, 0.3) is 5.56 Å². The minimum Gasteiger partial charge on any atom is -0.350 e. The molecule has 21 heavy (non-hydrogen) atoms. The van der Waals surface area contributed by atoms with Gasteiger partial charge in [-0.15, -0.1) is 0 Å². The summed E-state index contributed by atoms with van der Waals surface area (Å²) in [5, 5.41) is 0. The summed E-state index contributed by atoms with van der Waals surface area (Å²) in [5.74, 6) is 0.440. The lowest BCUT2D eigenvalue weighted by atomic mass is 10.1. The lowest BCUT2D eigenvalue weighted by molar-refractivity contribution is -0.137.